The molecule has 0 radical (unpaired) electrons. The van der Waals surface area contributed by atoms with E-state index in [1.54, 1.807) is 0 Å². The number of rotatable bonds is 2. The van der Waals surface area contributed by atoms with Gasteiger partial charge in [-0.25, -0.2) is 13.0 Å². The molecule has 2 heterocycles. The van der Waals surface area contributed by atoms with Crippen LogP contribution in [-0.2, 0) is 26.1 Å². The molecule has 26 heavy (non-hydrogen) atoms. The van der Waals surface area contributed by atoms with E-state index in [0.29, 0.717) is 5.92 Å². The molecular weight excluding hydrogens is 375 g/mol. The van der Waals surface area contributed by atoms with Crippen molar-refractivity contribution in [2.75, 3.05) is 13.2 Å². The van der Waals surface area contributed by atoms with Gasteiger partial charge in [0.25, 0.3) is 0 Å². The molecule has 0 amide bonds. The van der Waals surface area contributed by atoms with Crippen LogP contribution in [0.15, 0.2) is 24.5 Å². The molecule has 0 bridgehead atoms. The molecule has 1 saturated carbocycles. The van der Waals surface area contributed by atoms with E-state index in [1.807, 2.05) is 0 Å². The molecule has 1 aromatic heterocycles. The maximum Gasteiger partial charge on any atom is 0.485 e. The smallest absolute Gasteiger partial charge is 0.485 e. The number of aromatic nitrogens is 1. The number of halogens is 3. The number of aryl methyl sites for hydroxylation is 1. The lowest BCUT2D eigenvalue weighted by atomic mass is 9.83. The predicted octanol–water partition coefficient (Wildman–Crippen LogP) is 2.27. The third-order valence-electron chi connectivity index (χ3n) is 4.50. The molecule has 6 nitrogen and oxygen atoms in total. The Morgan fingerprint density at radius 1 is 1.23 bits per heavy atom. The second-order valence-electron chi connectivity index (χ2n) is 6.42. The van der Waals surface area contributed by atoms with Crippen molar-refractivity contribution in [3.8, 4) is 0 Å². The molecule has 1 unspecified atom stereocenters. The molecule has 1 saturated heterocycles. The van der Waals surface area contributed by atoms with Crippen molar-refractivity contribution >= 4 is 10.1 Å². The number of nitrogens with zero attached hydrogens (tertiary/aromatic N) is 1. The van der Waals surface area contributed by atoms with Crippen molar-refractivity contribution in [3.63, 3.8) is 0 Å². The van der Waals surface area contributed by atoms with Gasteiger partial charge in [-0.3, -0.25) is 0 Å². The molecule has 148 valence electrons. The Bertz CT molecular complexity index is 685. The fraction of sp³-hybridized carbons (Fsp3) is 0.688. The topological polar surface area (TPSA) is 79.5 Å². The molecule has 10 heteroatoms. The first-order chi connectivity index (χ1) is 12.0. The summed E-state index contributed by atoms with van der Waals surface area (Å²) in [4.78, 5) is 0. The van der Waals surface area contributed by atoms with Crippen LogP contribution >= 0.6 is 0 Å². The molecule has 0 N–H and O–H groups in total. The minimum absolute atomic E-state index is 0.282. The zero-order valence-corrected chi connectivity index (χ0v) is 15.2. The van der Waals surface area contributed by atoms with Crippen LogP contribution in [0.1, 0.15) is 31.2 Å². The summed E-state index contributed by atoms with van der Waals surface area (Å²) in [6.45, 7) is 4.64. The van der Waals surface area contributed by atoms with Crippen LogP contribution in [-0.4, -0.2) is 37.5 Å². The number of ether oxygens (including phenoxy) is 2. The van der Waals surface area contributed by atoms with Crippen LogP contribution in [0, 0.1) is 12.8 Å². The molecule has 0 aromatic carbocycles. The summed E-state index contributed by atoms with van der Waals surface area (Å²) in [5, 5.41) is 0. The van der Waals surface area contributed by atoms with Crippen LogP contribution in [0.3, 0.4) is 0 Å². The monoisotopic (exact) mass is 397 g/mol. The molecule has 1 aliphatic heterocycles. The van der Waals surface area contributed by atoms with Crippen LogP contribution < -0.4 is 4.57 Å². The van der Waals surface area contributed by atoms with Gasteiger partial charge in [-0.1, -0.05) is 6.42 Å². The van der Waals surface area contributed by atoms with Crippen LogP contribution in [0.4, 0.5) is 13.2 Å². The summed E-state index contributed by atoms with van der Waals surface area (Å²) in [6, 6.07) is 4.32. The van der Waals surface area contributed by atoms with Gasteiger partial charge in [-0.05, 0) is 25.3 Å². The van der Waals surface area contributed by atoms with Crippen molar-refractivity contribution in [3.05, 3.63) is 30.1 Å². The highest BCUT2D eigenvalue weighted by Crippen LogP contribution is 2.40. The normalized spacial score (nSPS) is 22.7. The van der Waals surface area contributed by atoms with E-state index in [2.05, 4.69) is 36.0 Å². The van der Waals surface area contributed by atoms with Gasteiger partial charge in [0.05, 0.1) is 19.1 Å². The van der Waals surface area contributed by atoms with Crippen molar-refractivity contribution in [1.29, 1.82) is 0 Å². The van der Waals surface area contributed by atoms with E-state index in [0.717, 1.165) is 26.2 Å². The molecule has 1 aliphatic carbocycles. The summed E-state index contributed by atoms with van der Waals surface area (Å²) in [6.07, 6.45) is 9.12. The average molecular weight is 397 g/mol. The van der Waals surface area contributed by atoms with Gasteiger partial charge < -0.3 is 14.0 Å². The van der Waals surface area contributed by atoms with Crippen molar-refractivity contribution in [1.82, 2.24) is 0 Å². The third kappa shape index (κ3) is 5.38. The summed E-state index contributed by atoms with van der Waals surface area (Å²) >= 11 is 0. The van der Waals surface area contributed by atoms with Gasteiger partial charge in [0.2, 0.25) is 0 Å². The Kier molecular flexibility index (Phi) is 6.65. The van der Waals surface area contributed by atoms with Gasteiger partial charge in [0.1, 0.15) is 0 Å². The second-order valence-corrected chi connectivity index (χ2v) is 7.79. The Labute approximate surface area is 150 Å². The molecule has 1 atom stereocenters. The summed E-state index contributed by atoms with van der Waals surface area (Å²) in [5.74, 6) is 0.206. The maximum atomic E-state index is 10.7. The Morgan fingerprint density at radius 2 is 1.77 bits per heavy atom. The summed E-state index contributed by atoms with van der Waals surface area (Å²) in [5.41, 5.74) is -4.34. The first-order valence-corrected chi connectivity index (χ1v) is 9.70. The third-order valence-corrected chi connectivity index (χ3v) is 5.07. The van der Waals surface area contributed by atoms with Crippen LogP contribution in [0.25, 0.3) is 0 Å². The second kappa shape index (κ2) is 8.20. The van der Waals surface area contributed by atoms with E-state index in [-0.39, 0.29) is 5.79 Å². The Balaban J connectivity index is 0.000000260. The molecule has 1 aromatic rings. The van der Waals surface area contributed by atoms with E-state index < -0.39 is 15.6 Å². The quantitative estimate of drug-likeness (QED) is 0.435. The fourth-order valence-corrected chi connectivity index (χ4v) is 3.18. The van der Waals surface area contributed by atoms with Crippen molar-refractivity contribution in [2.24, 2.45) is 5.92 Å². The van der Waals surface area contributed by atoms with Gasteiger partial charge in [-0.2, -0.15) is 13.2 Å². The number of hydrogen-bond donors (Lipinski definition) is 0. The first kappa shape index (κ1) is 21.1. The van der Waals surface area contributed by atoms with Crippen molar-refractivity contribution in [2.45, 2.75) is 50.4 Å². The lowest BCUT2D eigenvalue weighted by molar-refractivity contribution is -0.707. The Hall–Kier alpha value is -1.23. The molecule has 2 aliphatic rings. The Morgan fingerprint density at radius 3 is 2.27 bits per heavy atom. The van der Waals surface area contributed by atoms with Crippen LogP contribution in [0.5, 0.6) is 0 Å². The van der Waals surface area contributed by atoms with E-state index >= 15 is 0 Å². The van der Waals surface area contributed by atoms with Gasteiger partial charge >= 0.3 is 5.51 Å². The molecule has 2 fully saturated rings. The maximum absolute atomic E-state index is 10.7. The zero-order valence-electron chi connectivity index (χ0n) is 14.4. The predicted molar refractivity (Wildman–Crippen MR) is 83.7 cm³/mol. The summed E-state index contributed by atoms with van der Waals surface area (Å²) in [7, 11) is -6.09. The largest absolute Gasteiger partial charge is 0.741 e. The van der Waals surface area contributed by atoms with Crippen LogP contribution in [0.2, 0.25) is 0 Å². The number of hydrogen-bond acceptors (Lipinski definition) is 5. The van der Waals surface area contributed by atoms with E-state index in [1.165, 1.54) is 24.8 Å². The zero-order chi connectivity index (χ0) is 19.4. The van der Waals surface area contributed by atoms with Gasteiger partial charge in [0, 0.05) is 18.6 Å². The molecule has 3 rings (SSSR count). The fourth-order valence-electron chi connectivity index (χ4n) is 3.18. The highest BCUT2D eigenvalue weighted by molar-refractivity contribution is 7.86. The lowest BCUT2D eigenvalue weighted by Crippen LogP contribution is -2.49. The SMILES string of the molecule is Cc1cc[n+](CC2CCCCC23OCCO3)cc1.O=S(=O)([O-])C(F)(F)F. The van der Waals surface area contributed by atoms with E-state index in [9.17, 15) is 13.2 Å². The average Bonchev–Trinajstić information content (AvgIpc) is 3.00. The van der Waals surface area contributed by atoms with Gasteiger partial charge in [-0.15, -0.1) is 0 Å². The summed E-state index contributed by atoms with van der Waals surface area (Å²) < 4.78 is 73.1. The van der Waals surface area contributed by atoms with Gasteiger partial charge in [0.15, 0.2) is 34.8 Å². The standard InChI is InChI=1S/C15H22NO2.CHF3O3S/c1-13-5-8-16(9-6-13)12-14-4-2-3-7-15(14)17-10-11-18-15;2-1(3,4)8(5,6)7/h5-6,8-9,14H,2-4,7,10-12H2,1H3;(H,5,6,7)/q+1;/p-1. The minimum atomic E-state index is -6.09. The highest BCUT2D eigenvalue weighted by atomic mass is 32.2. The van der Waals surface area contributed by atoms with Crippen molar-refractivity contribution < 1.29 is 40.2 Å². The first-order valence-electron chi connectivity index (χ1n) is 8.29. The van der Waals surface area contributed by atoms with E-state index in [4.69, 9.17) is 22.4 Å². The molecular formula is C16H22F3NO5S. The minimum Gasteiger partial charge on any atom is -0.741 e. The highest BCUT2D eigenvalue weighted by Gasteiger charge is 2.47. The number of pyridine rings is 1. The number of alkyl halides is 3. The lowest BCUT2D eigenvalue weighted by Gasteiger charge is -2.37. The molecule has 1 spiro atoms.